The maximum Gasteiger partial charge on any atom is 0.0989 e. The lowest BCUT2D eigenvalue weighted by Crippen LogP contribution is -2.36. The second-order valence-electron chi connectivity index (χ2n) is 3.83. The van der Waals surface area contributed by atoms with Gasteiger partial charge in [-0.25, -0.2) is 0 Å². The molecule has 1 aromatic carbocycles. The van der Waals surface area contributed by atoms with Crippen molar-refractivity contribution in [1.29, 1.82) is 0 Å². The first-order valence-electron chi connectivity index (χ1n) is 5.42. The second kappa shape index (κ2) is 6.43. The summed E-state index contributed by atoms with van der Waals surface area (Å²) in [5.41, 5.74) is 1.16. The monoisotopic (exact) mass is 221 g/mol. The van der Waals surface area contributed by atoms with Crippen molar-refractivity contribution in [3.8, 4) is 0 Å². The molecule has 0 aliphatic carbocycles. The summed E-state index contributed by atoms with van der Waals surface area (Å²) >= 11 is 0. The van der Waals surface area contributed by atoms with Gasteiger partial charge in [0.15, 0.2) is 0 Å². The van der Waals surface area contributed by atoms with Crippen molar-refractivity contribution in [3.05, 3.63) is 48.6 Å². The van der Waals surface area contributed by atoms with E-state index in [0.717, 1.165) is 5.56 Å². The van der Waals surface area contributed by atoms with Crippen molar-refractivity contribution in [1.82, 2.24) is 5.32 Å². The summed E-state index contributed by atoms with van der Waals surface area (Å²) in [5.74, 6) is 0. The molecule has 3 N–H and O–H groups in total. The summed E-state index contributed by atoms with van der Waals surface area (Å²) in [5, 5.41) is 22.0. The van der Waals surface area contributed by atoms with Crippen LogP contribution in [-0.4, -0.2) is 29.0 Å². The van der Waals surface area contributed by atoms with E-state index in [2.05, 4.69) is 11.9 Å². The van der Waals surface area contributed by atoms with Gasteiger partial charge in [-0.05, 0) is 12.5 Å². The van der Waals surface area contributed by atoms with Gasteiger partial charge in [-0.2, -0.15) is 0 Å². The Kier molecular flexibility index (Phi) is 5.19. The fourth-order valence-corrected chi connectivity index (χ4v) is 1.43. The molecule has 0 aromatic heterocycles. The first-order chi connectivity index (χ1) is 7.65. The van der Waals surface area contributed by atoms with E-state index in [1.807, 2.05) is 37.3 Å². The van der Waals surface area contributed by atoms with Gasteiger partial charge in [-0.15, -0.1) is 6.58 Å². The summed E-state index contributed by atoms with van der Waals surface area (Å²) in [4.78, 5) is 0. The number of aliphatic hydroxyl groups excluding tert-OH is 2. The smallest absolute Gasteiger partial charge is 0.0989 e. The van der Waals surface area contributed by atoms with Crippen LogP contribution in [0.15, 0.2) is 43.0 Å². The van der Waals surface area contributed by atoms with E-state index in [0.29, 0.717) is 6.54 Å². The Balaban J connectivity index is 2.41. The Labute approximate surface area is 96.4 Å². The average Bonchev–Trinajstić information content (AvgIpc) is 2.35. The van der Waals surface area contributed by atoms with Crippen molar-refractivity contribution in [3.63, 3.8) is 0 Å². The minimum absolute atomic E-state index is 0.146. The lowest BCUT2D eigenvalue weighted by molar-refractivity contribution is 0.0477. The van der Waals surface area contributed by atoms with Crippen LogP contribution in [0, 0.1) is 0 Å². The van der Waals surface area contributed by atoms with E-state index in [4.69, 9.17) is 0 Å². The minimum atomic E-state index is -0.879. The highest BCUT2D eigenvalue weighted by Gasteiger charge is 2.13. The largest absolute Gasteiger partial charge is 0.389 e. The molecule has 3 atom stereocenters. The molecular weight excluding hydrogens is 202 g/mol. The van der Waals surface area contributed by atoms with E-state index >= 15 is 0 Å². The lowest BCUT2D eigenvalue weighted by atomic mass is 10.1. The fraction of sp³-hybridized carbons (Fsp3) is 0.385. The Morgan fingerprint density at radius 3 is 2.50 bits per heavy atom. The predicted molar refractivity (Wildman–Crippen MR) is 65.1 cm³/mol. The summed E-state index contributed by atoms with van der Waals surface area (Å²) in [6.07, 6.45) is -0.362. The summed E-state index contributed by atoms with van der Waals surface area (Å²) in [6, 6.07) is 10.1. The third kappa shape index (κ3) is 3.77. The molecule has 0 saturated carbocycles. The van der Waals surface area contributed by atoms with Crippen LogP contribution in [0.25, 0.3) is 0 Å². The highest BCUT2D eigenvalue weighted by atomic mass is 16.3. The molecule has 88 valence electrons. The maximum absolute atomic E-state index is 9.53. The topological polar surface area (TPSA) is 52.5 Å². The lowest BCUT2D eigenvalue weighted by Gasteiger charge is -2.19. The van der Waals surface area contributed by atoms with Gasteiger partial charge < -0.3 is 15.5 Å². The minimum Gasteiger partial charge on any atom is -0.389 e. The molecule has 0 radical (unpaired) electrons. The molecule has 0 fully saturated rings. The van der Waals surface area contributed by atoms with Crippen molar-refractivity contribution in [2.75, 3.05) is 6.54 Å². The van der Waals surface area contributed by atoms with Crippen LogP contribution in [0.4, 0.5) is 0 Å². The zero-order valence-corrected chi connectivity index (χ0v) is 9.50. The van der Waals surface area contributed by atoms with Gasteiger partial charge in [0, 0.05) is 12.6 Å². The molecule has 0 heterocycles. The van der Waals surface area contributed by atoms with Crippen molar-refractivity contribution < 1.29 is 10.2 Å². The van der Waals surface area contributed by atoms with E-state index in [-0.39, 0.29) is 6.04 Å². The van der Waals surface area contributed by atoms with E-state index in [9.17, 15) is 10.2 Å². The van der Waals surface area contributed by atoms with Crippen LogP contribution >= 0.6 is 0 Å². The third-order valence-electron chi connectivity index (χ3n) is 2.57. The Hall–Kier alpha value is -1.16. The van der Waals surface area contributed by atoms with Crippen LogP contribution in [-0.2, 0) is 0 Å². The van der Waals surface area contributed by atoms with Crippen LogP contribution in [0.3, 0.4) is 0 Å². The molecule has 0 aliphatic rings. The van der Waals surface area contributed by atoms with Crippen LogP contribution in [0.1, 0.15) is 18.5 Å². The number of hydrogen-bond acceptors (Lipinski definition) is 3. The number of hydrogen-bond donors (Lipinski definition) is 3. The molecule has 16 heavy (non-hydrogen) atoms. The predicted octanol–water partition coefficient (Wildman–Crippen LogP) is 1.25. The van der Waals surface area contributed by atoms with Crippen molar-refractivity contribution in [2.24, 2.45) is 0 Å². The Morgan fingerprint density at radius 2 is 1.94 bits per heavy atom. The first kappa shape index (κ1) is 12.9. The Bertz CT molecular complexity index is 313. The zero-order valence-electron chi connectivity index (χ0n) is 9.50. The van der Waals surface area contributed by atoms with Gasteiger partial charge in [-0.3, -0.25) is 0 Å². The van der Waals surface area contributed by atoms with E-state index in [1.54, 1.807) is 0 Å². The van der Waals surface area contributed by atoms with Crippen LogP contribution < -0.4 is 5.32 Å². The molecule has 0 aliphatic heterocycles. The third-order valence-corrected chi connectivity index (χ3v) is 2.57. The fourth-order valence-electron chi connectivity index (χ4n) is 1.43. The maximum atomic E-state index is 9.53. The van der Waals surface area contributed by atoms with Gasteiger partial charge >= 0.3 is 0 Å². The van der Waals surface area contributed by atoms with Gasteiger partial charge in [0.1, 0.15) is 0 Å². The molecule has 0 unspecified atom stereocenters. The molecule has 0 amide bonds. The molecule has 3 heteroatoms. The highest BCUT2D eigenvalue weighted by Crippen LogP contribution is 2.10. The normalized spacial score (nSPS) is 16.4. The van der Waals surface area contributed by atoms with E-state index in [1.165, 1.54) is 6.08 Å². The standard InChI is InChI=1S/C13H19NO2/c1-3-12(15)13(16)9-14-10(2)11-7-5-4-6-8-11/h3-8,10,12-16H,1,9H2,2H3/t10-,12-,13+/m1/s1. The van der Waals surface area contributed by atoms with Crippen molar-refractivity contribution in [2.45, 2.75) is 25.2 Å². The average molecular weight is 221 g/mol. The quantitative estimate of drug-likeness (QED) is 0.634. The number of rotatable bonds is 6. The van der Waals surface area contributed by atoms with Gasteiger partial charge in [0.2, 0.25) is 0 Å². The zero-order chi connectivity index (χ0) is 12.0. The molecule has 1 aromatic rings. The van der Waals surface area contributed by atoms with Crippen LogP contribution in [0.5, 0.6) is 0 Å². The molecule has 0 spiro atoms. The van der Waals surface area contributed by atoms with Crippen molar-refractivity contribution >= 4 is 0 Å². The molecular formula is C13H19NO2. The molecule has 3 nitrogen and oxygen atoms in total. The Morgan fingerprint density at radius 1 is 1.31 bits per heavy atom. The summed E-state index contributed by atoms with van der Waals surface area (Å²) in [6.45, 7) is 5.78. The highest BCUT2D eigenvalue weighted by molar-refractivity contribution is 5.18. The second-order valence-corrected chi connectivity index (χ2v) is 3.83. The van der Waals surface area contributed by atoms with Gasteiger partial charge in [0.25, 0.3) is 0 Å². The summed E-state index contributed by atoms with van der Waals surface area (Å²) < 4.78 is 0. The number of benzene rings is 1. The molecule has 0 bridgehead atoms. The number of nitrogens with one attached hydrogen (secondary N) is 1. The molecule has 1 rings (SSSR count). The van der Waals surface area contributed by atoms with E-state index < -0.39 is 12.2 Å². The van der Waals surface area contributed by atoms with Gasteiger partial charge in [0.05, 0.1) is 12.2 Å². The number of aliphatic hydroxyl groups is 2. The first-order valence-corrected chi connectivity index (χ1v) is 5.42. The summed E-state index contributed by atoms with van der Waals surface area (Å²) in [7, 11) is 0. The SMILES string of the molecule is C=C[C@@H](O)[C@@H](O)CN[C@H](C)c1ccccc1. The van der Waals surface area contributed by atoms with Crippen LogP contribution in [0.2, 0.25) is 0 Å². The molecule has 0 saturated heterocycles. The van der Waals surface area contributed by atoms with Gasteiger partial charge in [-0.1, -0.05) is 36.4 Å².